The van der Waals surface area contributed by atoms with Crippen LogP contribution in [0.3, 0.4) is 0 Å². The Morgan fingerprint density at radius 2 is 1.65 bits per heavy atom. The molecule has 0 aromatic heterocycles. The topological polar surface area (TPSA) is 95.6 Å². The van der Waals surface area contributed by atoms with Crippen LogP contribution in [0.25, 0.3) is 0 Å². The van der Waals surface area contributed by atoms with E-state index in [0.29, 0.717) is 12.1 Å². The summed E-state index contributed by atoms with van der Waals surface area (Å²) in [5.74, 6) is -2.20. The SMILES string of the molecule is O=C1CN(C(=O)C(=O)c2ccccc2NC(=O)c2ccccc2)CCN1. The van der Waals surface area contributed by atoms with Crippen molar-refractivity contribution in [2.75, 3.05) is 25.0 Å². The van der Waals surface area contributed by atoms with Gasteiger partial charge in [-0.15, -0.1) is 0 Å². The Hall–Kier alpha value is -3.48. The van der Waals surface area contributed by atoms with Gasteiger partial charge in [-0.25, -0.2) is 0 Å². The van der Waals surface area contributed by atoms with E-state index in [0.717, 1.165) is 0 Å². The minimum absolute atomic E-state index is 0.0905. The normalized spacial score (nSPS) is 13.7. The molecule has 1 aliphatic rings. The van der Waals surface area contributed by atoms with Gasteiger partial charge in [0.05, 0.1) is 11.3 Å². The molecule has 2 aromatic carbocycles. The van der Waals surface area contributed by atoms with Crippen LogP contribution in [0.4, 0.5) is 5.69 Å². The molecule has 2 aromatic rings. The Balaban J connectivity index is 1.80. The zero-order valence-corrected chi connectivity index (χ0v) is 13.9. The van der Waals surface area contributed by atoms with Crippen molar-refractivity contribution >= 4 is 29.2 Å². The number of Topliss-reactive ketones (excluding diaryl/α,β-unsaturated/α-hetero) is 1. The van der Waals surface area contributed by atoms with E-state index in [1.54, 1.807) is 48.5 Å². The molecule has 7 heteroatoms. The maximum Gasteiger partial charge on any atom is 0.295 e. The zero-order chi connectivity index (χ0) is 18.5. The van der Waals surface area contributed by atoms with Crippen LogP contribution in [-0.2, 0) is 9.59 Å². The van der Waals surface area contributed by atoms with Gasteiger partial charge in [0.1, 0.15) is 6.54 Å². The molecule has 3 rings (SSSR count). The van der Waals surface area contributed by atoms with Crippen LogP contribution in [0.15, 0.2) is 54.6 Å². The number of piperazine rings is 1. The highest BCUT2D eigenvalue weighted by Gasteiger charge is 2.28. The minimum Gasteiger partial charge on any atom is -0.353 e. The molecule has 0 aliphatic carbocycles. The third-order valence-corrected chi connectivity index (χ3v) is 3.98. The van der Waals surface area contributed by atoms with Gasteiger partial charge in [0.25, 0.3) is 17.6 Å². The van der Waals surface area contributed by atoms with Gasteiger partial charge in [0.15, 0.2) is 0 Å². The highest BCUT2D eigenvalue weighted by molar-refractivity contribution is 6.44. The van der Waals surface area contributed by atoms with Gasteiger partial charge in [0.2, 0.25) is 5.91 Å². The lowest BCUT2D eigenvalue weighted by atomic mass is 10.1. The largest absolute Gasteiger partial charge is 0.353 e. The average molecular weight is 351 g/mol. The fourth-order valence-electron chi connectivity index (χ4n) is 2.64. The maximum atomic E-state index is 12.6. The van der Waals surface area contributed by atoms with Crippen molar-refractivity contribution in [2.45, 2.75) is 0 Å². The quantitative estimate of drug-likeness (QED) is 0.636. The van der Waals surface area contributed by atoms with E-state index < -0.39 is 11.7 Å². The number of amides is 3. The Labute approximate surface area is 150 Å². The number of para-hydroxylation sites is 1. The predicted molar refractivity (Wildman–Crippen MR) is 94.8 cm³/mol. The number of ketones is 1. The molecule has 0 spiro atoms. The number of hydrogen-bond acceptors (Lipinski definition) is 4. The van der Waals surface area contributed by atoms with Crippen molar-refractivity contribution in [1.82, 2.24) is 10.2 Å². The summed E-state index contributed by atoms with van der Waals surface area (Å²) in [4.78, 5) is 50.0. The standard InChI is InChI=1S/C19H17N3O4/c23-16-12-22(11-10-20-16)19(26)17(24)14-8-4-5-9-15(14)21-18(25)13-6-2-1-3-7-13/h1-9H,10-12H2,(H,20,23)(H,21,25). The summed E-state index contributed by atoms with van der Waals surface area (Å²) < 4.78 is 0. The van der Waals surface area contributed by atoms with Crippen LogP contribution in [0.1, 0.15) is 20.7 Å². The zero-order valence-electron chi connectivity index (χ0n) is 13.9. The van der Waals surface area contributed by atoms with Gasteiger partial charge >= 0.3 is 0 Å². The molecular weight excluding hydrogens is 334 g/mol. The summed E-state index contributed by atoms with van der Waals surface area (Å²) in [5.41, 5.74) is 0.780. The molecule has 0 unspecified atom stereocenters. The van der Waals surface area contributed by atoms with Crippen molar-refractivity contribution < 1.29 is 19.2 Å². The second-order valence-corrected chi connectivity index (χ2v) is 5.77. The van der Waals surface area contributed by atoms with Crippen molar-refractivity contribution in [2.24, 2.45) is 0 Å². The van der Waals surface area contributed by atoms with Crippen molar-refractivity contribution in [3.63, 3.8) is 0 Å². The van der Waals surface area contributed by atoms with Crippen molar-refractivity contribution in [1.29, 1.82) is 0 Å². The molecule has 26 heavy (non-hydrogen) atoms. The van der Waals surface area contributed by atoms with Crippen LogP contribution < -0.4 is 10.6 Å². The lowest BCUT2D eigenvalue weighted by Crippen LogP contribution is -2.51. The van der Waals surface area contributed by atoms with E-state index in [2.05, 4.69) is 10.6 Å². The molecule has 0 bridgehead atoms. The highest BCUT2D eigenvalue weighted by Crippen LogP contribution is 2.18. The van der Waals surface area contributed by atoms with E-state index in [9.17, 15) is 19.2 Å². The fourth-order valence-corrected chi connectivity index (χ4v) is 2.64. The van der Waals surface area contributed by atoms with Crippen LogP contribution in [0.5, 0.6) is 0 Å². The molecule has 1 saturated heterocycles. The Kier molecular flexibility index (Phi) is 5.07. The summed E-state index contributed by atoms with van der Waals surface area (Å²) in [6.45, 7) is 0.433. The third-order valence-electron chi connectivity index (χ3n) is 3.98. The minimum atomic E-state index is -0.763. The number of benzene rings is 2. The smallest absolute Gasteiger partial charge is 0.295 e. The first kappa shape index (κ1) is 17.3. The van der Waals surface area contributed by atoms with Gasteiger partial charge < -0.3 is 15.5 Å². The second-order valence-electron chi connectivity index (χ2n) is 5.77. The number of carbonyl (C=O) groups is 4. The molecule has 0 saturated carbocycles. The summed E-state index contributed by atoms with van der Waals surface area (Å²) >= 11 is 0. The van der Waals surface area contributed by atoms with Crippen LogP contribution >= 0.6 is 0 Å². The van der Waals surface area contributed by atoms with E-state index in [1.165, 1.54) is 11.0 Å². The second kappa shape index (κ2) is 7.60. The molecule has 0 radical (unpaired) electrons. The number of nitrogens with zero attached hydrogens (tertiary/aromatic N) is 1. The van der Waals surface area contributed by atoms with Crippen LogP contribution in [-0.4, -0.2) is 48.0 Å². The molecule has 0 atom stereocenters. The predicted octanol–water partition coefficient (Wildman–Crippen LogP) is 1.08. The first-order valence-corrected chi connectivity index (χ1v) is 8.12. The lowest BCUT2D eigenvalue weighted by molar-refractivity contribution is -0.134. The molecule has 1 fully saturated rings. The van der Waals surface area contributed by atoms with E-state index in [1.807, 2.05) is 0 Å². The van der Waals surface area contributed by atoms with Gasteiger partial charge in [-0.1, -0.05) is 30.3 Å². The number of anilines is 1. The molecular formula is C19H17N3O4. The Morgan fingerprint density at radius 1 is 0.962 bits per heavy atom. The summed E-state index contributed by atoms with van der Waals surface area (Å²) in [5, 5.41) is 5.26. The van der Waals surface area contributed by atoms with Crippen molar-refractivity contribution in [3.05, 3.63) is 65.7 Å². The van der Waals surface area contributed by atoms with Gasteiger partial charge in [0, 0.05) is 18.7 Å². The molecule has 1 aliphatic heterocycles. The third kappa shape index (κ3) is 3.77. The molecule has 3 amide bonds. The Morgan fingerprint density at radius 3 is 2.38 bits per heavy atom. The maximum absolute atomic E-state index is 12.6. The first-order valence-electron chi connectivity index (χ1n) is 8.12. The van der Waals surface area contributed by atoms with Crippen LogP contribution in [0, 0.1) is 0 Å². The summed E-state index contributed by atoms with van der Waals surface area (Å²) in [6, 6.07) is 14.9. The monoisotopic (exact) mass is 351 g/mol. The number of rotatable bonds is 4. The van der Waals surface area contributed by atoms with Crippen LogP contribution in [0.2, 0.25) is 0 Å². The number of carbonyl (C=O) groups excluding carboxylic acids is 4. The lowest BCUT2D eigenvalue weighted by Gasteiger charge is -2.26. The van der Waals surface area contributed by atoms with Gasteiger partial charge in [-0.2, -0.15) is 0 Å². The Bertz CT molecular complexity index is 864. The summed E-state index contributed by atoms with van der Waals surface area (Å²) in [6.07, 6.45) is 0. The molecule has 7 nitrogen and oxygen atoms in total. The van der Waals surface area contributed by atoms with Crippen molar-refractivity contribution in [3.8, 4) is 0 Å². The van der Waals surface area contributed by atoms with Gasteiger partial charge in [-0.3, -0.25) is 19.2 Å². The van der Waals surface area contributed by atoms with E-state index in [-0.39, 0.29) is 36.2 Å². The van der Waals surface area contributed by atoms with Gasteiger partial charge in [-0.05, 0) is 24.3 Å². The fraction of sp³-hybridized carbons (Fsp3) is 0.158. The van der Waals surface area contributed by atoms with E-state index >= 15 is 0 Å². The number of nitrogens with one attached hydrogen (secondary N) is 2. The summed E-state index contributed by atoms with van der Waals surface area (Å²) in [7, 11) is 0. The first-order chi connectivity index (χ1) is 12.6. The average Bonchev–Trinajstić information content (AvgIpc) is 2.68. The van der Waals surface area contributed by atoms with E-state index in [4.69, 9.17) is 0 Å². The molecule has 132 valence electrons. The highest BCUT2D eigenvalue weighted by atomic mass is 16.2. The molecule has 1 heterocycles. The number of hydrogen-bond donors (Lipinski definition) is 2. The molecule has 2 N–H and O–H groups in total.